The molecule has 0 amide bonds. The van der Waals surface area contributed by atoms with Crippen molar-refractivity contribution in [1.29, 1.82) is 0 Å². The second-order valence-corrected chi connectivity index (χ2v) is 4.73. The molecule has 106 valence electrons. The highest BCUT2D eigenvalue weighted by Crippen LogP contribution is 2.32. The normalized spacial score (nSPS) is 16.7. The molecule has 1 aromatic rings. The third-order valence-corrected chi connectivity index (χ3v) is 3.35. The molecular weight excluding hydrogens is 270 g/mol. The molecule has 1 N–H and O–H groups in total. The van der Waals surface area contributed by atoms with Gasteiger partial charge in [-0.3, -0.25) is 4.90 Å². The average Bonchev–Trinajstić information content (AvgIpc) is 2.85. The molecule has 0 aliphatic carbocycles. The van der Waals surface area contributed by atoms with Crippen molar-refractivity contribution in [1.82, 2.24) is 4.90 Å². The van der Waals surface area contributed by atoms with Crippen molar-refractivity contribution >= 4 is 11.6 Å². The second kappa shape index (κ2) is 6.43. The van der Waals surface area contributed by atoms with Crippen LogP contribution >= 0.6 is 11.6 Å². The number of hydrogen-bond donors (Lipinski definition) is 1. The first-order valence-electron chi connectivity index (χ1n) is 6.08. The van der Waals surface area contributed by atoms with Crippen LogP contribution in [0.3, 0.4) is 0 Å². The zero-order valence-electron chi connectivity index (χ0n) is 11.0. The lowest BCUT2D eigenvalue weighted by Crippen LogP contribution is -2.41. The molecule has 0 radical (unpaired) electrons. The highest BCUT2D eigenvalue weighted by Gasteiger charge is 2.19. The fourth-order valence-corrected chi connectivity index (χ4v) is 2.06. The second-order valence-electron chi connectivity index (χ2n) is 4.51. The summed E-state index contributed by atoms with van der Waals surface area (Å²) in [4.78, 5) is 1.72. The van der Waals surface area contributed by atoms with Crippen molar-refractivity contribution in [3.63, 3.8) is 0 Å². The lowest BCUT2D eigenvalue weighted by molar-refractivity contribution is -0.184. The van der Waals surface area contributed by atoms with Crippen molar-refractivity contribution in [2.45, 2.75) is 25.8 Å². The average molecular weight is 288 g/mol. The number of likely N-dealkylation sites (N-methyl/N-ethyl adjacent to an activating group) is 1. The lowest BCUT2D eigenvalue weighted by atomic mass is 10.1. The lowest BCUT2D eigenvalue weighted by Gasteiger charge is -2.28. The molecule has 1 aliphatic heterocycles. The molecule has 0 spiro atoms. The van der Waals surface area contributed by atoms with E-state index in [0.717, 1.165) is 23.5 Å². The van der Waals surface area contributed by atoms with Crippen LogP contribution in [0.25, 0.3) is 0 Å². The van der Waals surface area contributed by atoms with Gasteiger partial charge >= 0.3 is 0 Å². The fourth-order valence-electron chi connectivity index (χ4n) is 1.94. The van der Waals surface area contributed by atoms with Crippen LogP contribution < -0.4 is 9.47 Å². The van der Waals surface area contributed by atoms with Crippen LogP contribution in [0.15, 0.2) is 18.2 Å². The van der Waals surface area contributed by atoms with Crippen LogP contribution in [0, 0.1) is 0 Å². The van der Waals surface area contributed by atoms with Crippen LogP contribution in [0.5, 0.6) is 11.5 Å². The number of aliphatic hydroxyl groups is 1. The third kappa shape index (κ3) is 3.51. The Balaban J connectivity index is 1.96. The van der Waals surface area contributed by atoms with Crippen molar-refractivity contribution in [3.8, 4) is 11.5 Å². The Morgan fingerprint density at radius 3 is 2.89 bits per heavy atom. The third-order valence-electron chi connectivity index (χ3n) is 3.22. The van der Waals surface area contributed by atoms with Gasteiger partial charge in [0.15, 0.2) is 11.5 Å². The SMILES string of the molecule is CC(Cc1ccc2c(c1)OCO2)N(C)C(O)OCCl. The minimum absolute atomic E-state index is 0.0394. The van der Waals surface area contributed by atoms with Crippen LogP contribution in [0.4, 0.5) is 0 Å². The molecule has 2 unspecified atom stereocenters. The molecule has 5 nitrogen and oxygen atoms in total. The highest BCUT2D eigenvalue weighted by molar-refractivity contribution is 6.17. The van der Waals surface area contributed by atoms with Crippen molar-refractivity contribution < 1.29 is 19.3 Å². The predicted octanol–water partition coefficient (Wildman–Crippen LogP) is 1.77. The molecule has 2 rings (SSSR count). The highest BCUT2D eigenvalue weighted by atomic mass is 35.5. The van der Waals surface area contributed by atoms with Crippen LogP contribution in [-0.2, 0) is 11.2 Å². The molecular formula is C13H18ClNO4. The van der Waals surface area contributed by atoms with E-state index in [2.05, 4.69) is 0 Å². The minimum atomic E-state index is -0.999. The summed E-state index contributed by atoms with van der Waals surface area (Å²) in [6.45, 7) is 2.28. The first-order chi connectivity index (χ1) is 9.11. The molecule has 0 saturated heterocycles. The van der Waals surface area contributed by atoms with Gasteiger partial charge in [0.2, 0.25) is 13.2 Å². The number of fused-ring (bicyclic) bond motifs is 1. The van der Waals surface area contributed by atoms with E-state index in [0.29, 0.717) is 0 Å². The fraction of sp³-hybridized carbons (Fsp3) is 0.538. The molecule has 2 atom stereocenters. The molecule has 19 heavy (non-hydrogen) atoms. The standard InChI is InChI=1S/C13H18ClNO4/c1-9(15(2)13(16)17-7-14)5-10-3-4-11-12(6-10)19-8-18-11/h3-4,6,9,13,16H,5,7-8H2,1-2H3. The van der Waals surface area contributed by atoms with Gasteiger partial charge in [-0.25, -0.2) is 0 Å². The summed E-state index contributed by atoms with van der Waals surface area (Å²) in [5.41, 5.74) is 1.11. The first kappa shape index (κ1) is 14.4. The zero-order valence-corrected chi connectivity index (χ0v) is 11.8. The maximum atomic E-state index is 9.70. The van der Waals surface area contributed by atoms with E-state index in [4.69, 9.17) is 25.8 Å². The number of hydrogen-bond acceptors (Lipinski definition) is 5. The van der Waals surface area contributed by atoms with E-state index in [1.165, 1.54) is 0 Å². The zero-order chi connectivity index (χ0) is 13.8. The van der Waals surface area contributed by atoms with Crippen molar-refractivity contribution in [3.05, 3.63) is 23.8 Å². The number of rotatable bonds is 6. The van der Waals surface area contributed by atoms with Crippen molar-refractivity contribution in [2.24, 2.45) is 0 Å². The minimum Gasteiger partial charge on any atom is -0.454 e. The Hall–Kier alpha value is -1.01. The summed E-state index contributed by atoms with van der Waals surface area (Å²) in [7, 11) is 1.79. The Kier molecular flexibility index (Phi) is 4.87. The summed E-state index contributed by atoms with van der Waals surface area (Å²) < 4.78 is 15.5. The summed E-state index contributed by atoms with van der Waals surface area (Å²) in [5, 5.41) is 9.70. The molecule has 0 saturated carbocycles. The molecule has 1 aromatic carbocycles. The molecule has 6 heteroatoms. The van der Waals surface area contributed by atoms with E-state index < -0.39 is 6.41 Å². The van der Waals surface area contributed by atoms with Gasteiger partial charge in [0.1, 0.15) is 6.07 Å². The van der Waals surface area contributed by atoms with E-state index in [1.54, 1.807) is 11.9 Å². The Morgan fingerprint density at radius 2 is 2.16 bits per heavy atom. The molecule has 1 aliphatic rings. The smallest absolute Gasteiger partial charge is 0.231 e. The molecule has 0 bridgehead atoms. The summed E-state index contributed by atoms with van der Waals surface area (Å²) >= 11 is 5.43. The van der Waals surface area contributed by atoms with Crippen LogP contribution in [0.1, 0.15) is 12.5 Å². The van der Waals surface area contributed by atoms with Gasteiger partial charge < -0.3 is 19.3 Å². The van der Waals surface area contributed by atoms with Gasteiger partial charge in [0.05, 0.1) is 0 Å². The van der Waals surface area contributed by atoms with Gasteiger partial charge in [0.25, 0.3) is 0 Å². The Labute approximate surface area is 117 Å². The van der Waals surface area contributed by atoms with Gasteiger partial charge in [-0.15, -0.1) is 0 Å². The number of nitrogens with zero attached hydrogens (tertiary/aromatic N) is 1. The maximum absolute atomic E-state index is 9.70. The summed E-state index contributed by atoms with van der Waals surface area (Å²) in [5.74, 6) is 1.54. The van der Waals surface area contributed by atoms with Crippen LogP contribution in [0.2, 0.25) is 0 Å². The topological polar surface area (TPSA) is 51.2 Å². The van der Waals surface area contributed by atoms with E-state index in [-0.39, 0.29) is 18.9 Å². The molecule has 1 heterocycles. The number of halogens is 1. The van der Waals surface area contributed by atoms with Crippen molar-refractivity contribution in [2.75, 3.05) is 19.9 Å². The summed E-state index contributed by atoms with van der Waals surface area (Å²) in [6, 6.07) is 5.91. The Bertz CT molecular complexity index is 429. The summed E-state index contributed by atoms with van der Waals surface area (Å²) in [6.07, 6.45) is -0.239. The Morgan fingerprint density at radius 1 is 1.42 bits per heavy atom. The van der Waals surface area contributed by atoms with E-state index in [9.17, 15) is 5.11 Å². The number of benzene rings is 1. The van der Waals surface area contributed by atoms with Gasteiger partial charge in [-0.1, -0.05) is 17.7 Å². The largest absolute Gasteiger partial charge is 0.454 e. The van der Waals surface area contributed by atoms with Gasteiger partial charge in [-0.05, 0) is 38.1 Å². The molecule has 0 fully saturated rings. The maximum Gasteiger partial charge on any atom is 0.231 e. The van der Waals surface area contributed by atoms with E-state index in [1.807, 2.05) is 25.1 Å². The van der Waals surface area contributed by atoms with Crippen LogP contribution in [-0.4, -0.2) is 42.4 Å². The number of aliphatic hydroxyl groups excluding tert-OH is 1. The quantitative estimate of drug-likeness (QED) is 0.638. The molecule has 0 aromatic heterocycles. The monoisotopic (exact) mass is 287 g/mol. The number of ether oxygens (including phenoxy) is 3. The van der Waals surface area contributed by atoms with Gasteiger partial charge in [0, 0.05) is 6.04 Å². The predicted molar refractivity (Wildman–Crippen MR) is 71.3 cm³/mol. The van der Waals surface area contributed by atoms with Gasteiger partial charge in [-0.2, -0.15) is 0 Å². The number of alkyl halides is 1. The van der Waals surface area contributed by atoms with E-state index >= 15 is 0 Å². The first-order valence-corrected chi connectivity index (χ1v) is 6.61.